The fraction of sp³-hybridized carbons (Fsp3) is 0.500. The summed E-state index contributed by atoms with van der Waals surface area (Å²) in [5.41, 5.74) is 2.67. The molecule has 1 aliphatic heterocycles. The van der Waals surface area contributed by atoms with Crippen LogP contribution in [0.5, 0.6) is 0 Å². The van der Waals surface area contributed by atoms with Crippen molar-refractivity contribution in [3.63, 3.8) is 0 Å². The number of aromatic amines is 1. The number of carbonyl (C=O) groups excluding carboxylic acids is 1. The zero-order valence-corrected chi connectivity index (χ0v) is 15.5. The minimum Gasteiger partial charge on any atom is -0.396 e. The fourth-order valence-corrected chi connectivity index (χ4v) is 3.76. The molecule has 2 aromatic rings. The molecule has 1 saturated heterocycles. The number of aliphatic hydroxyl groups excluding tert-OH is 1. The van der Waals surface area contributed by atoms with E-state index in [-0.39, 0.29) is 18.7 Å². The second kappa shape index (κ2) is 8.10. The van der Waals surface area contributed by atoms with Crippen LogP contribution in [0.4, 0.5) is 10.5 Å². The van der Waals surface area contributed by atoms with Crippen molar-refractivity contribution in [2.24, 2.45) is 5.92 Å². The molecule has 7 nitrogen and oxygen atoms in total. The monoisotopic (exact) mass is 369 g/mol. The Morgan fingerprint density at radius 3 is 2.93 bits per heavy atom. The van der Waals surface area contributed by atoms with E-state index in [1.54, 1.807) is 6.20 Å². The Morgan fingerprint density at radius 1 is 1.30 bits per heavy atom. The van der Waals surface area contributed by atoms with Crippen LogP contribution in [0.2, 0.25) is 0 Å². The van der Waals surface area contributed by atoms with Crippen molar-refractivity contribution in [2.75, 3.05) is 38.1 Å². The van der Waals surface area contributed by atoms with E-state index >= 15 is 0 Å². The second-order valence-corrected chi connectivity index (χ2v) is 7.53. The quantitative estimate of drug-likeness (QED) is 0.730. The van der Waals surface area contributed by atoms with Gasteiger partial charge in [0.1, 0.15) is 0 Å². The number of hydrogen-bond acceptors (Lipinski definition) is 4. The number of aliphatic hydroxyl groups is 1. The minimum absolute atomic E-state index is 0.0780. The van der Waals surface area contributed by atoms with Crippen molar-refractivity contribution in [1.82, 2.24) is 20.0 Å². The number of anilines is 1. The highest BCUT2D eigenvalue weighted by molar-refractivity contribution is 5.90. The van der Waals surface area contributed by atoms with E-state index in [4.69, 9.17) is 0 Å². The number of amides is 2. The van der Waals surface area contributed by atoms with Gasteiger partial charge in [-0.05, 0) is 43.4 Å². The Bertz CT molecular complexity index is 759. The number of hydrogen-bond donors (Lipinski definition) is 3. The second-order valence-electron chi connectivity index (χ2n) is 7.53. The fourth-order valence-electron chi connectivity index (χ4n) is 3.76. The van der Waals surface area contributed by atoms with Gasteiger partial charge >= 0.3 is 6.03 Å². The highest BCUT2D eigenvalue weighted by Gasteiger charge is 2.33. The Kier molecular flexibility index (Phi) is 5.40. The van der Waals surface area contributed by atoms with Crippen LogP contribution in [0, 0.1) is 5.92 Å². The topological polar surface area (TPSA) is 84.5 Å². The van der Waals surface area contributed by atoms with E-state index in [0.29, 0.717) is 13.0 Å². The number of nitrogens with zero attached hydrogens (tertiary/aromatic N) is 3. The number of piperazine rings is 1. The molecule has 1 aromatic carbocycles. The van der Waals surface area contributed by atoms with Gasteiger partial charge in [0.05, 0.1) is 5.69 Å². The molecule has 0 radical (unpaired) electrons. The van der Waals surface area contributed by atoms with Crippen molar-refractivity contribution in [1.29, 1.82) is 0 Å². The summed E-state index contributed by atoms with van der Waals surface area (Å²) in [6.45, 7) is 3.53. The Balaban J connectivity index is 1.38. The molecule has 7 heteroatoms. The van der Waals surface area contributed by atoms with Crippen LogP contribution in [0.25, 0.3) is 11.3 Å². The number of aromatic nitrogens is 2. The van der Waals surface area contributed by atoms with Crippen molar-refractivity contribution >= 4 is 11.7 Å². The smallest absolute Gasteiger partial charge is 0.321 e. The number of H-pyrrole nitrogens is 1. The molecule has 2 fully saturated rings. The molecular weight excluding hydrogens is 342 g/mol. The first-order valence-electron chi connectivity index (χ1n) is 9.73. The molecule has 1 aromatic heterocycles. The zero-order chi connectivity index (χ0) is 18.6. The first-order chi connectivity index (χ1) is 13.2. The lowest BCUT2D eigenvalue weighted by molar-refractivity contribution is 0.0739. The first kappa shape index (κ1) is 18.0. The normalized spacial score (nSPS) is 20.6. The molecule has 1 atom stereocenters. The maximum Gasteiger partial charge on any atom is 0.321 e. The van der Waals surface area contributed by atoms with E-state index < -0.39 is 0 Å². The maximum absolute atomic E-state index is 12.8. The SMILES string of the molecule is O=C(Nc1cccc(-c2ccn[nH]2)c1)N1CCN(CC2CC2)[C@H](CCO)C1. The van der Waals surface area contributed by atoms with Gasteiger partial charge in [-0.1, -0.05) is 12.1 Å². The third-order valence-electron chi connectivity index (χ3n) is 5.47. The van der Waals surface area contributed by atoms with Crippen molar-refractivity contribution in [2.45, 2.75) is 25.3 Å². The lowest BCUT2D eigenvalue weighted by Crippen LogP contribution is -2.56. The molecule has 2 amide bonds. The summed E-state index contributed by atoms with van der Waals surface area (Å²) in [7, 11) is 0. The summed E-state index contributed by atoms with van der Waals surface area (Å²) in [5, 5.41) is 19.3. The third kappa shape index (κ3) is 4.48. The molecule has 2 aliphatic rings. The van der Waals surface area contributed by atoms with Gasteiger partial charge in [-0.2, -0.15) is 5.10 Å². The van der Waals surface area contributed by atoms with E-state index in [2.05, 4.69) is 20.4 Å². The third-order valence-corrected chi connectivity index (χ3v) is 5.47. The molecule has 3 N–H and O–H groups in total. The highest BCUT2D eigenvalue weighted by Crippen LogP contribution is 2.31. The van der Waals surface area contributed by atoms with Gasteiger partial charge in [-0.15, -0.1) is 0 Å². The Labute approximate surface area is 159 Å². The zero-order valence-electron chi connectivity index (χ0n) is 15.5. The summed E-state index contributed by atoms with van der Waals surface area (Å²) in [5.74, 6) is 0.816. The van der Waals surface area contributed by atoms with Gasteiger partial charge in [-0.25, -0.2) is 4.79 Å². The predicted molar refractivity (Wildman–Crippen MR) is 104 cm³/mol. The summed E-state index contributed by atoms with van der Waals surface area (Å²) in [6, 6.07) is 9.81. The van der Waals surface area contributed by atoms with Crippen LogP contribution in [-0.4, -0.2) is 70.0 Å². The van der Waals surface area contributed by atoms with Crippen molar-refractivity contribution in [3.05, 3.63) is 36.5 Å². The molecular formula is C20H27N5O2. The van der Waals surface area contributed by atoms with Gasteiger partial charge in [0.25, 0.3) is 0 Å². The molecule has 4 rings (SSSR count). The van der Waals surface area contributed by atoms with Gasteiger partial charge in [0, 0.05) is 56.3 Å². The molecule has 2 heterocycles. The van der Waals surface area contributed by atoms with Crippen molar-refractivity contribution < 1.29 is 9.90 Å². The first-order valence-corrected chi connectivity index (χ1v) is 9.73. The molecule has 27 heavy (non-hydrogen) atoms. The van der Waals surface area contributed by atoms with Crippen LogP contribution in [0.15, 0.2) is 36.5 Å². The van der Waals surface area contributed by atoms with Gasteiger partial charge < -0.3 is 15.3 Å². The van der Waals surface area contributed by atoms with Crippen LogP contribution < -0.4 is 5.32 Å². The summed E-state index contributed by atoms with van der Waals surface area (Å²) < 4.78 is 0. The standard InChI is InChI=1S/C20H27N5O2/c26-11-7-18-14-25(10-9-24(18)13-15-4-5-15)20(27)22-17-3-1-2-16(12-17)19-6-8-21-23-19/h1-3,6,8,12,15,18,26H,4-5,7,9-11,13-14H2,(H,21,23)(H,22,27)/t18-/m1/s1. The lowest BCUT2D eigenvalue weighted by Gasteiger charge is -2.41. The lowest BCUT2D eigenvalue weighted by atomic mass is 10.1. The number of nitrogens with one attached hydrogen (secondary N) is 2. The van der Waals surface area contributed by atoms with Crippen LogP contribution in [-0.2, 0) is 0 Å². The molecule has 144 valence electrons. The van der Waals surface area contributed by atoms with Crippen molar-refractivity contribution in [3.8, 4) is 11.3 Å². The van der Waals surface area contributed by atoms with E-state index in [0.717, 1.165) is 42.5 Å². The maximum atomic E-state index is 12.8. The molecule has 1 aliphatic carbocycles. The molecule has 0 spiro atoms. The average molecular weight is 369 g/mol. The summed E-state index contributed by atoms with van der Waals surface area (Å²) in [6.07, 6.45) is 5.06. The van der Waals surface area contributed by atoms with E-state index in [1.165, 1.54) is 12.8 Å². The van der Waals surface area contributed by atoms with Crippen LogP contribution in [0.1, 0.15) is 19.3 Å². The van der Waals surface area contributed by atoms with E-state index in [9.17, 15) is 9.90 Å². The summed E-state index contributed by atoms with van der Waals surface area (Å²) >= 11 is 0. The largest absolute Gasteiger partial charge is 0.396 e. The predicted octanol–water partition coefficient (Wildman–Crippen LogP) is 2.39. The van der Waals surface area contributed by atoms with Gasteiger partial charge in [0.15, 0.2) is 0 Å². The molecule has 0 bridgehead atoms. The summed E-state index contributed by atoms with van der Waals surface area (Å²) in [4.78, 5) is 17.1. The average Bonchev–Trinajstić information content (AvgIpc) is 3.32. The highest BCUT2D eigenvalue weighted by atomic mass is 16.3. The number of rotatable bonds is 6. The number of urea groups is 1. The van der Waals surface area contributed by atoms with Crippen LogP contribution >= 0.6 is 0 Å². The Morgan fingerprint density at radius 2 is 2.19 bits per heavy atom. The van der Waals surface area contributed by atoms with E-state index in [1.807, 2.05) is 35.2 Å². The van der Waals surface area contributed by atoms with Gasteiger partial charge in [-0.3, -0.25) is 10.00 Å². The Hall–Kier alpha value is -2.38. The molecule has 0 unspecified atom stereocenters. The number of carbonyl (C=O) groups is 1. The van der Waals surface area contributed by atoms with Gasteiger partial charge in [0.2, 0.25) is 0 Å². The number of benzene rings is 1. The molecule has 1 saturated carbocycles. The van der Waals surface area contributed by atoms with Crippen LogP contribution in [0.3, 0.4) is 0 Å². The minimum atomic E-state index is -0.0780.